The van der Waals surface area contributed by atoms with Crippen LogP contribution in [0.1, 0.15) is 24.3 Å². The number of nitrogens with zero attached hydrogens (tertiary/aromatic N) is 2. The number of hydrogen-bond acceptors (Lipinski definition) is 5. The Morgan fingerprint density at radius 1 is 1.21 bits per heavy atom. The van der Waals surface area contributed by atoms with Crippen molar-refractivity contribution in [2.75, 3.05) is 5.32 Å². The molecule has 1 aromatic carbocycles. The number of rotatable bonds is 5. The number of primary sulfonamides is 1. The van der Waals surface area contributed by atoms with Crippen LogP contribution in [0.2, 0.25) is 0 Å². The highest BCUT2D eigenvalue weighted by atomic mass is 32.2. The van der Waals surface area contributed by atoms with Gasteiger partial charge in [0.05, 0.1) is 4.90 Å². The van der Waals surface area contributed by atoms with Gasteiger partial charge in [0, 0.05) is 18.3 Å². The Bertz CT molecular complexity index is 902. The van der Waals surface area contributed by atoms with Gasteiger partial charge in [-0.05, 0) is 36.2 Å². The average Bonchev–Trinajstić information content (AvgIpc) is 2.48. The molecule has 0 atom stereocenters. The smallest absolute Gasteiger partial charge is 0.276 e. The summed E-state index contributed by atoms with van der Waals surface area (Å²) in [5.41, 5.74) is 0.194. The maximum Gasteiger partial charge on any atom is 0.276 e. The Balaban J connectivity index is 2.19. The summed E-state index contributed by atoms with van der Waals surface area (Å²) in [5, 5.41) is 11.6. The molecule has 128 valence electrons. The van der Waals surface area contributed by atoms with E-state index in [1.165, 1.54) is 41.1 Å². The number of carbonyl (C=O) groups excluding carboxylic acids is 1. The first kappa shape index (κ1) is 17.8. The van der Waals surface area contributed by atoms with Gasteiger partial charge in [0.2, 0.25) is 10.0 Å². The molecule has 24 heavy (non-hydrogen) atoms. The molecule has 0 unspecified atom stereocenters. The van der Waals surface area contributed by atoms with E-state index in [2.05, 4.69) is 10.4 Å². The van der Waals surface area contributed by atoms with Crippen molar-refractivity contribution in [1.82, 2.24) is 9.78 Å². The molecular weight excluding hydrogens is 332 g/mol. The van der Waals surface area contributed by atoms with Crippen LogP contribution in [0.4, 0.5) is 5.69 Å². The van der Waals surface area contributed by atoms with Gasteiger partial charge in [-0.25, -0.2) is 18.2 Å². The van der Waals surface area contributed by atoms with E-state index in [1.807, 2.05) is 13.8 Å². The van der Waals surface area contributed by atoms with Gasteiger partial charge in [0.15, 0.2) is 0 Å². The molecule has 0 fully saturated rings. The molecule has 2 rings (SSSR count). The third-order valence-corrected chi connectivity index (χ3v) is 4.01. The Labute approximate surface area is 139 Å². The van der Waals surface area contributed by atoms with E-state index in [0.29, 0.717) is 12.2 Å². The number of amides is 1. The van der Waals surface area contributed by atoms with Gasteiger partial charge in [-0.2, -0.15) is 5.10 Å². The SMILES string of the molecule is CC(C)Cn1nc(C(=O)Nc2ccc(S(N)(=O)=O)cc2)ccc1=O. The van der Waals surface area contributed by atoms with E-state index < -0.39 is 15.9 Å². The maximum atomic E-state index is 12.2. The van der Waals surface area contributed by atoms with Crippen molar-refractivity contribution in [2.45, 2.75) is 25.3 Å². The highest BCUT2D eigenvalue weighted by molar-refractivity contribution is 7.89. The van der Waals surface area contributed by atoms with Gasteiger partial charge in [-0.1, -0.05) is 13.8 Å². The quantitative estimate of drug-likeness (QED) is 0.825. The maximum absolute atomic E-state index is 12.2. The van der Waals surface area contributed by atoms with Crippen molar-refractivity contribution >= 4 is 21.6 Å². The lowest BCUT2D eigenvalue weighted by Crippen LogP contribution is -2.27. The van der Waals surface area contributed by atoms with E-state index in [-0.39, 0.29) is 22.1 Å². The summed E-state index contributed by atoms with van der Waals surface area (Å²) < 4.78 is 23.6. The third-order valence-electron chi connectivity index (χ3n) is 3.08. The van der Waals surface area contributed by atoms with Gasteiger partial charge < -0.3 is 5.32 Å². The lowest BCUT2D eigenvalue weighted by molar-refractivity contribution is 0.101. The molecule has 2 aromatic rings. The lowest BCUT2D eigenvalue weighted by atomic mass is 10.2. The average molecular weight is 350 g/mol. The van der Waals surface area contributed by atoms with Gasteiger partial charge in [0.25, 0.3) is 11.5 Å². The monoisotopic (exact) mass is 350 g/mol. The molecular formula is C15H18N4O4S. The summed E-state index contributed by atoms with van der Waals surface area (Å²) in [6, 6.07) is 8.04. The van der Waals surface area contributed by atoms with Crippen LogP contribution >= 0.6 is 0 Å². The lowest BCUT2D eigenvalue weighted by Gasteiger charge is -2.09. The number of benzene rings is 1. The summed E-state index contributed by atoms with van der Waals surface area (Å²) >= 11 is 0. The molecule has 0 saturated carbocycles. The third kappa shape index (κ3) is 4.49. The fourth-order valence-electron chi connectivity index (χ4n) is 1.97. The first-order valence-electron chi connectivity index (χ1n) is 7.19. The summed E-state index contributed by atoms with van der Waals surface area (Å²) in [4.78, 5) is 23.9. The number of sulfonamides is 1. The van der Waals surface area contributed by atoms with Gasteiger partial charge in [0.1, 0.15) is 5.69 Å². The predicted molar refractivity (Wildman–Crippen MR) is 89.1 cm³/mol. The molecule has 8 nitrogen and oxygen atoms in total. The summed E-state index contributed by atoms with van der Waals surface area (Å²) in [6.45, 7) is 4.28. The Hall–Kier alpha value is -2.52. The number of carbonyl (C=O) groups is 1. The van der Waals surface area contributed by atoms with Gasteiger partial charge in [-0.15, -0.1) is 0 Å². The summed E-state index contributed by atoms with van der Waals surface area (Å²) in [5.74, 6) is -0.296. The standard InChI is InChI=1S/C15H18N4O4S/c1-10(2)9-19-14(20)8-7-13(18-19)15(21)17-11-3-5-12(6-4-11)24(16,22)23/h3-8,10H,9H2,1-2H3,(H,17,21)(H2,16,22,23). The Morgan fingerprint density at radius 3 is 2.38 bits per heavy atom. The van der Waals surface area contributed by atoms with Crippen molar-refractivity contribution in [2.24, 2.45) is 11.1 Å². The van der Waals surface area contributed by atoms with Crippen LogP contribution < -0.4 is 16.0 Å². The van der Waals surface area contributed by atoms with Crippen LogP contribution in [0.25, 0.3) is 0 Å². The van der Waals surface area contributed by atoms with Crippen molar-refractivity contribution in [3.63, 3.8) is 0 Å². The van der Waals surface area contributed by atoms with Crippen LogP contribution in [0.3, 0.4) is 0 Å². The number of nitrogens with two attached hydrogens (primary N) is 1. The summed E-state index contributed by atoms with van der Waals surface area (Å²) in [6.07, 6.45) is 0. The molecule has 1 heterocycles. The zero-order valence-electron chi connectivity index (χ0n) is 13.3. The van der Waals surface area contributed by atoms with Crippen LogP contribution in [-0.2, 0) is 16.6 Å². The molecule has 0 aliphatic rings. The second-order valence-electron chi connectivity index (χ2n) is 5.66. The van der Waals surface area contributed by atoms with Crippen LogP contribution in [0, 0.1) is 5.92 Å². The molecule has 0 saturated heterocycles. The van der Waals surface area contributed by atoms with E-state index in [0.717, 1.165) is 0 Å². The normalized spacial score (nSPS) is 11.5. The van der Waals surface area contributed by atoms with Crippen LogP contribution in [0.5, 0.6) is 0 Å². The van der Waals surface area contributed by atoms with Crippen LogP contribution in [-0.4, -0.2) is 24.1 Å². The predicted octanol–water partition coefficient (Wildman–Crippen LogP) is 0.799. The Morgan fingerprint density at radius 2 is 1.83 bits per heavy atom. The minimum atomic E-state index is -3.79. The van der Waals surface area contributed by atoms with Crippen molar-refractivity contribution < 1.29 is 13.2 Å². The van der Waals surface area contributed by atoms with E-state index in [4.69, 9.17) is 5.14 Å². The molecule has 0 aliphatic heterocycles. The minimum absolute atomic E-state index is 0.0518. The van der Waals surface area contributed by atoms with Crippen LogP contribution in [0.15, 0.2) is 46.1 Å². The van der Waals surface area contributed by atoms with E-state index in [1.54, 1.807) is 0 Å². The number of nitrogens with one attached hydrogen (secondary N) is 1. The first-order chi connectivity index (χ1) is 11.2. The topological polar surface area (TPSA) is 124 Å². The van der Waals surface area contributed by atoms with Gasteiger partial charge in [-0.3, -0.25) is 9.59 Å². The molecule has 0 bridgehead atoms. The molecule has 0 spiro atoms. The fraction of sp³-hybridized carbons (Fsp3) is 0.267. The second kappa shape index (κ2) is 6.93. The summed E-state index contributed by atoms with van der Waals surface area (Å²) in [7, 11) is -3.79. The Kier molecular flexibility index (Phi) is 5.15. The number of aromatic nitrogens is 2. The largest absolute Gasteiger partial charge is 0.321 e. The van der Waals surface area contributed by atoms with E-state index in [9.17, 15) is 18.0 Å². The zero-order valence-corrected chi connectivity index (χ0v) is 14.1. The molecule has 3 N–H and O–H groups in total. The van der Waals surface area contributed by atoms with Crippen molar-refractivity contribution in [1.29, 1.82) is 0 Å². The first-order valence-corrected chi connectivity index (χ1v) is 8.74. The van der Waals surface area contributed by atoms with E-state index >= 15 is 0 Å². The molecule has 0 aliphatic carbocycles. The van der Waals surface area contributed by atoms with Crippen molar-refractivity contribution in [3.05, 3.63) is 52.4 Å². The zero-order chi connectivity index (χ0) is 17.9. The molecule has 0 radical (unpaired) electrons. The molecule has 1 aromatic heterocycles. The number of hydrogen-bond donors (Lipinski definition) is 2. The molecule has 9 heteroatoms. The fourth-order valence-corrected chi connectivity index (χ4v) is 2.49. The highest BCUT2D eigenvalue weighted by Crippen LogP contribution is 2.13. The van der Waals surface area contributed by atoms with Gasteiger partial charge >= 0.3 is 0 Å². The second-order valence-corrected chi connectivity index (χ2v) is 7.22. The molecule has 1 amide bonds. The highest BCUT2D eigenvalue weighted by Gasteiger charge is 2.12. The number of anilines is 1. The van der Waals surface area contributed by atoms with Crippen molar-refractivity contribution in [3.8, 4) is 0 Å². The minimum Gasteiger partial charge on any atom is -0.321 e.